The molecule has 2 aromatic rings. The standard InChI is InChI=1S/C29H40N2O4/c1-21-18-22(2)27(23(3)19-21)31(28(34)25-8-7-17-35-25)24-9-14-30(15-10-24)16-13-29(20-26(32)33)11-5-4-6-12-29/h7-8,17-19,24H,4-6,9-16,20H2,1-3H3,(H,32,33). The monoisotopic (exact) mass is 480 g/mol. The molecule has 2 fully saturated rings. The van der Waals surface area contributed by atoms with Gasteiger partial charge in [0.05, 0.1) is 18.4 Å². The molecule has 2 aliphatic rings. The van der Waals surface area contributed by atoms with Gasteiger partial charge in [-0.3, -0.25) is 9.59 Å². The molecule has 1 aliphatic heterocycles. The van der Waals surface area contributed by atoms with Crippen LogP contribution in [-0.2, 0) is 4.79 Å². The molecule has 4 rings (SSSR count). The number of hydrogen-bond donors (Lipinski definition) is 1. The minimum atomic E-state index is -0.665. The Kier molecular flexibility index (Phi) is 8.00. The summed E-state index contributed by atoms with van der Waals surface area (Å²) in [7, 11) is 0. The highest BCUT2D eigenvalue weighted by Gasteiger charge is 2.36. The van der Waals surface area contributed by atoms with Crippen LogP contribution < -0.4 is 4.90 Å². The summed E-state index contributed by atoms with van der Waals surface area (Å²) in [6.07, 6.45) is 10.2. The summed E-state index contributed by atoms with van der Waals surface area (Å²) >= 11 is 0. The largest absolute Gasteiger partial charge is 0.481 e. The van der Waals surface area contributed by atoms with Gasteiger partial charge in [0.1, 0.15) is 0 Å². The predicted molar refractivity (Wildman–Crippen MR) is 138 cm³/mol. The number of likely N-dealkylation sites (tertiary alicyclic amines) is 1. The number of aliphatic carboxylic acids is 1. The Morgan fingerprint density at radius 2 is 1.74 bits per heavy atom. The summed E-state index contributed by atoms with van der Waals surface area (Å²) in [5.41, 5.74) is 4.37. The molecule has 2 heterocycles. The lowest BCUT2D eigenvalue weighted by Crippen LogP contribution is -2.48. The molecule has 0 spiro atoms. The van der Waals surface area contributed by atoms with Crippen LogP contribution in [-0.4, -0.2) is 47.6 Å². The fraction of sp³-hybridized carbons (Fsp3) is 0.586. The minimum absolute atomic E-state index is 0.0433. The first-order chi connectivity index (χ1) is 16.8. The van der Waals surface area contributed by atoms with Gasteiger partial charge in [0.2, 0.25) is 0 Å². The summed E-state index contributed by atoms with van der Waals surface area (Å²) in [5, 5.41) is 9.51. The van der Waals surface area contributed by atoms with Crippen molar-refractivity contribution in [2.24, 2.45) is 5.41 Å². The first kappa shape index (κ1) is 25.5. The van der Waals surface area contributed by atoms with E-state index in [0.29, 0.717) is 12.2 Å². The number of carboxylic acids is 1. The Labute approximate surface area is 209 Å². The van der Waals surface area contributed by atoms with Crippen molar-refractivity contribution in [1.82, 2.24) is 4.90 Å². The van der Waals surface area contributed by atoms with Gasteiger partial charge in [-0.25, -0.2) is 0 Å². The summed E-state index contributed by atoms with van der Waals surface area (Å²) in [6.45, 7) is 9.02. The molecule has 6 heteroatoms. The number of carbonyl (C=O) groups is 2. The number of amides is 1. The number of carbonyl (C=O) groups excluding carboxylic acids is 1. The first-order valence-corrected chi connectivity index (χ1v) is 13.2. The predicted octanol–water partition coefficient (Wildman–Crippen LogP) is 6.13. The van der Waals surface area contributed by atoms with E-state index in [9.17, 15) is 14.7 Å². The van der Waals surface area contributed by atoms with Crippen LogP contribution in [0.25, 0.3) is 0 Å². The lowest BCUT2D eigenvalue weighted by Gasteiger charge is -2.41. The number of carboxylic acid groups (broad SMARTS) is 1. The molecule has 1 saturated carbocycles. The Morgan fingerprint density at radius 1 is 1.09 bits per heavy atom. The van der Waals surface area contributed by atoms with Crippen molar-refractivity contribution in [2.45, 2.75) is 84.6 Å². The SMILES string of the molecule is Cc1cc(C)c(N(C(=O)c2ccco2)C2CCN(CCC3(CC(=O)O)CCCCC3)CC2)c(C)c1. The van der Waals surface area contributed by atoms with Crippen LogP contribution in [0.4, 0.5) is 5.69 Å². The van der Waals surface area contributed by atoms with Gasteiger partial charge in [-0.15, -0.1) is 0 Å². The third-order valence-electron chi connectivity index (χ3n) is 8.15. The number of rotatable bonds is 8. The molecule has 1 saturated heterocycles. The molecule has 35 heavy (non-hydrogen) atoms. The van der Waals surface area contributed by atoms with Crippen molar-refractivity contribution in [3.8, 4) is 0 Å². The summed E-state index contributed by atoms with van der Waals surface area (Å²) in [4.78, 5) is 29.6. The molecular weight excluding hydrogens is 440 g/mol. The first-order valence-electron chi connectivity index (χ1n) is 13.2. The zero-order valence-electron chi connectivity index (χ0n) is 21.5. The number of furan rings is 1. The third-order valence-corrected chi connectivity index (χ3v) is 8.15. The molecule has 1 N–H and O–H groups in total. The maximum atomic E-state index is 13.6. The maximum absolute atomic E-state index is 13.6. The second kappa shape index (κ2) is 11.0. The smallest absolute Gasteiger partial charge is 0.303 e. The van der Waals surface area contributed by atoms with Crippen LogP contribution in [0.5, 0.6) is 0 Å². The number of nitrogens with zero attached hydrogens (tertiary/aromatic N) is 2. The molecule has 6 nitrogen and oxygen atoms in total. The molecule has 0 atom stereocenters. The van der Waals surface area contributed by atoms with Gasteiger partial charge in [0.25, 0.3) is 5.91 Å². The lowest BCUT2D eigenvalue weighted by molar-refractivity contribution is -0.140. The Bertz CT molecular complexity index is 992. The van der Waals surface area contributed by atoms with E-state index in [1.165, 1.54) is 12.0 Å². The topological polar surface area (TPSA) is 74.0 Å². The highest BCUT2D eigenvalue weighted by molar-refractivity contribution is 6.05. The van der Waals surface area contributed by atoms with Crippen molar-refractivity contribution >= 4 is 17.6 Å². The van der Waals surface area contributed by atoms with Crippen molar-refractivity contribution < 1.29 is 19.1 Å². The van der Waals surface area contributed by atoms with Gasteiger partial charge in [0, 0.05) is 19.1 Å². The van der Waals surface area contributed by atoms with Crippen LogP contribution in [0.1, 0.15) is 85.0 Å². The lowest BCUT2D eigenvalue weighted by atomic mass is 9.69. The van der Waals surface area contributed by atoms with Gasteiger partial charge >= 0.3 is 5.97 Å². The molecule has 0 unspecified atom stereocenters. The molecule has 0 bridgehead atoms. The van der Waals surface area contributed by atoms with E-state index in [1.807, 2.05) is 4.90 Å². The van der Waals surface area contributed by atoms with E-state index in [0.717, 1.165) is 81.4 Å². The Hall–Kier alpha value is -2.60. The van der Waals surface area contributed by atoms with Crippen molar-refractivity contribution in [3.63, 3.8) is 0 Å². The molecule has 190 valence electrons. The minimum Gasteiger partial charge on any atom is -0.481 e. The highest BCUT2D eigenvalue weighted by atomic mass is 16.4. The number of aryl methyl sites for hydroxylation is 3. The number of benzene rings is 1. The van der Waals surface area contributed by atoms with Gasteiger partial charge in [-0.2, -0.15) is 0 Å². The van der Waals surface area contributed by atoms with Crippen LogP contribution in [0.2, 0.25) is 0 Å². The average Bonchev–Trinajstić information content (AvgIpc) is 3.35. The molecule has 1 aromatic carbocycles. The summed E-state index contributed by atoms with van der Waals surface area (Å²) in [6, 6.07) is 7.90. The maximum Gasteiger partial charge on any atom is 0.303 e. The van der Waals surface area contributed by atoms with Crippen molar-refractivity contribution in [3.05, 3.63) is 53.0 Å². The molecule has 1 aliphatic carbocycles. The van der Waals surface area contributed by atoms with Gasteiger partial charge in [-0.1, -0.05) is 37.0 Å². The second-order valence-electron chi connectivity index (χ2n) is 10.9. The van der Waals surface area contributed by atoms with Crippen LogP contribution in [0, 0.1) is 26.2 Å². The van der Waals surface area contributed by atoms with E-state index in [4.69, 9.17) is 4.42 Å². The highest BCUT2D eigenvalue weighted by Crippen LogP contribution is 2.42. The molecule has 1 amide bonds. The zero-order valence-corrected chi connectivity index (χ0v) is 21.5. The molecular formula is C29H40N2O4. The Balaban J connectivity index is 1.47. The van der Waals surface area contributed by atoms with E-state index >= 15 is 0 Å². The summed E-state index contributed by atoms with van der Waals surface area (Å²) in [5.74, 6) is -0.368. The third kappa shape index (κ3) is 5.97. The van der Waals surface area contributed by atoms with Gasteiger partial charge in [-0.05, 0) is 88.1 Å². The fourth-order valence-corrected chi connectivity index (χ4v) is 6.46. The van der Waals surface area contributed by atoms with Crippen LogP contribution in [0.15, 0.2) is 34.9 Å². The van der Waals surface area contributed by atoms with Gasteiger partial charge < -0.3 is 19.3 Å². The number of anilines is 1. The fourth-order valence-electron chi connectivity index (χ4n) is 6.46. The normalized spacial score (nSPS) is 18.9. The number of piperidine rings is 1. The van der Waals surface area contributed by atoms with Crippen LogP contribution >= 0.6 is 0 Å². The van der Waals surface area contributed by atoms with Gasteiger partial charge in [0.15, 0.2) is 5.76 Å². The van der Waals surface area contributed by atoms with Crippen LogP contribution in [0.3, 0.4) is 0 Å². The van der Waals surface area contributed by atoms with E-state index in [-0.39, 0.29) is 17.4 Å². The zero-order chi connectivity index (χ0) is 25.0. The quantitative estimate of drug-likeness (QED) is 0.492. The second-order valence-corrected chi connectivity index (χ2v) is 10.9. The van der Waals surface area contributed by atoms with E-state index in [2.05, 4.69) is 37.8 Å². The van der Waals surface area contributed by atoms with Crippen molar-refractivity contribution in [1.29, 1.82) is 0 Å². The van der Waals surface area contributed by atoms with E-state index < -0.39 is 5.97 Å². The van der Waals surface area contributed by atoms with Crippen molar-refractivity contribution in [2.75, 3.05) is 24.5 Å². The molecule has 1 aromatic heterocycles. The summed E-state index contributed by atoms with van der Waals surface area (Å²) < 4.78 is 5.51. The Morgan fingerprint density at radius 3 is 2.31 bits per heavy atom. The average molecular weight is 481 g/mol. The molecule has 0 radical (unpaired) electrons. The van der Waals surface area contributed by atoms with E-state index in [1.54, 1.807) is 18.4 Å². The number of hydrogen-bond acceptors (Lipinski definition) is 4.